The van der Waals surface area contributed by atoms with E-state index in [1.165, 1.54) is 12.1 Å². The maximum atomic E-state index is 10.6. The van der Waals surface area contributed by atoms with Crippen LogP contribution in [0.1, 0.15) is 5.56 Å². The number of hydrogen-bond acceptors (Lipinski definition) is 2. The van der Waals surface area contributed by atoms with Gasteiger partial charge in [-0.05, 0) is 30.2 Å². The molecule has 1 aromatic rings. The highest BCUT2D eigenvalue weighted by atomic mass is 32.2. The summed E-state index contributed by atoms with van der Waals surface area (Å²) in [6.07, 6.45) is 0. The van der Waals surface area contributed by atoms with Crippen molar-refractivity contribution in [3.05, 3.63) is 34.2 Å². The molecule has 1 aromatic carbocycles. The van der Waals surface area contributed by atoms with Crippen molar-refractivity contribution in [1.82, 2.24) is 0 Å². The van der Waals surface area contributed by atoms with E-state index in [1.807, 2.05) is 0 Å². The topological polar surface area (TPSA) is 86.1 Å². The summed E-state index contributed by atoms with van der Waals surface area (Å²) >= 11 is -2.03. The molecule has 0 aliphatic heterocycles. The molecular weight excluding hydrogens is 190 g/mol. The van der Waals surface area contributed by atoms with Gasteiger partial charge in [-0.15, -0.1) is 0 Å². The van der Waals surface area contributed by atoms with Gasteiger partial charge >= 0.3 is 0 Å². The third-order valence-electron chi connectivity index (χ3n) is 1.53. The monoisotopic (exact) mass is 197 g/mol. The molecule has 0 bridgehead atoms. The fraction of sp³-hybridized carbons (Fsp3) is 0.143. The molecule has 6 heteroatoms. The van der Waals surface area contributed by atoms with E-state index in [2.05, 4.69) is 10.0 Å². The van der Waals surface area contributed by atoms with Crippen LogP contribution in [0.15, 0.2) is 28.2 Å². The zero-order valence-corrected chi connectivity index (χ0v) is 7.65. The van der Waals surface area contributed by atoms with Crippen LogP contribution in [-0.2, 0) is 11.1 Å². The fourth-order valence-corrected chi connectivity index (χ4v) is 1.25. The summed E-state index contributed by atoms with van der Waals surface area (Å²) in [5, 5.41) is 3.38. The number of azide groups is 1. The first kappa shape index (κ1) is 9.73. The lowest BCUT2D eigenvalue weighted by atomic mass is 10.2. The van der Waals surface area contributed by atoms with Crippen LogP contribution in [-0.4, -0.2) is 8.76 Å². The summed E-state index contributed by atoms with van der Waals surface area (Å²) in [6.45, 7) is 1.76. The van der Waals surface area contributed by atoms with E-state index in [0.717, 1.165) is 5.56 Å². The van der Waals surface area contributed by atoms with Crippen molar-refractivity contribution < 1.29 is 8.76 Å². The van der Waals surface area contributed by atoms with Crippen molar-refractivity contribution in [3.8, 4) is 0 Å². The molecule has 1 unspecified atom stereocenters. The fourth-order valence-electron chi connectivity index (χ4n) is 0.854. The van der Waals surface area contributed by atoms with E-state index >= 15 is 0 Å². The van der Waals surface area contributed by atoms with Crippen LogP contribution in [0.3, 0.4) is 0 Å². The molecular formula is C7H7N3O2S. The Bertz CT molecular complexity index is 399. The first-order valence-electron chi connectivity index (χ1n) is 3.42. The molecule has 68 valence electrons. The average Bonchev–Trinajstić information content (AvgIpc) is 2.08. The van der Waals surface area contributed by atoms with E-state index in [-0.39, 0.29) is 4.90 Å². The average molecular weight is 197 g/mol. The first-order chi connectivity index (χ1) is 6.15. The standard InChI is InChI=1S/C7H7N3O2S/c1-5-2-3-6(13(11)12)4-7(5)9-10-8/h2-4H,1H3,(H,11,12). The van der Waals surface area contributed by atoms with Crippen LogP contribution in [0.4, 0.5) is 5.69 Å². The van der Waals surface area contributed by atoms with Gasteiger partial charge in [0.25, 0.3) is 0 Å². The Balaban J connectivity index is 3.26. The molecule has 13 heavy (non-hydrogen) atoms. The lowest BCUT2D eigenvalue weighted by molar-refractivity contribution is 0.564. The molecule has 1 N–H and O–H groups in total. The van der Waals surface area contributed by atoms with Crippen molar-refractivity contribution in [1.29, 1.82) is 0 Å². The van der Waals surface area contributed by atoms with E-state index in [0.29, 0.717) is 5.69 Å². The van der Waals surface area contributed by atoms with Crippen LogP contribution in [0, 0.1) is 6.92 Å². The van der Waals surface area contributed by atoms with Crippen LogP contribution < -0.4 is 0 Å². The Morgan fingerprint density at radius 2 is 2.31 bits per heavy atom. The van der Waals surface area contributed by atoms with Crippen molar-refractivity contribution in [2.75, 3.05) is 0 Å². The second kappa shape index (κ2) is 4.04. The Morgan fingerprint density at radius 1 is 1.62 bits per heavy atom. The Kier molecular flexibility index (Phi) is 3.02. The highest BCUT2D eigenvalue weighted by molar-refractivity contribution is 7.79. The molecule has 0 aliphatic carbocycles. The van der Waals surface area contributed by atoms with E-state index in [1.54, 1.807) is 13.0 Å². The number of rotatable bonds is 2. The summed E-state index contributed by atoms with van der Waals surface area (Å²) in [5.41, 5.74) is 9.34. The minimum atomic E-state index is -2.03. The van der Waals surface area contributed by atoms with Gasteiger partial charge in [0.05, 0.1) is 4.90 Å². The Hall–Kier alpha value is -1.36. The summed E-state index contributed by atoms with van der Waals surface area (Å²) < 4.78 is 19.4. The predicted octanol–water partition coefficient (Wildman–Crippen LogP) is 2.52. The van der Waals surface area contributed by atoms with Crippen LogP contribution in [0.5, 0.6) is 0 Å². The molecule has 0 spiro atoms. The van der Waals surface area contributed by atoms with Gasteiger partial charge in [0.1, 0.15) is 0 Å². The van der Waals surface area contributed by atoms with E-state index in [4.69, 9.17) is 10.1 Å². The quantitative estimate of drug-likeness (QED) is 0.342. The molecule has 0 aromatic heterocycles. The lowest BCUT2D eigenvalue weighted by Gasteiger charge is -2.00. The third-order valence-corrected chi connectivity index (χ3v) is 2.19. The molecule has 0 saturated carbocycles. The smallest absolute Gasteiger partial charge is 0.186 e. The number of benzene rings is 1. The number of aryl methyl sites for hydroxylation is 1. The summed E-state index contributed by atoms with van der Waals surface area (Å²) in [4.78, 5) is 2.84. The summed E-state index contributed by atoms with van der Waals surface area (Å²) in [6, 6.07) is 4.54. The van der Waals surface area contributed by atoms with Gasteiger partial charge in [-0.2, -0.15) is 0 Å². The molecule has 1 rings (SSSR count). The van der Waals surface area contributed by atoms with Crippen molar-refractivity contribution in [2.45, 2.75) is 11.8 Å². The predicted molar refractivity (Wildman–Crippen MR) is 49.0 cm³/mol. The van der Waals surface area contributed by atoms with Gasteiger partial charge in [0.15, 0.2) is 11.1 Å². The zero-order chi connectivity index (χ0) is 9.84. The Morgan fingerprint density at radius 3 is 2.85 bits per heavy atom. The van der Waals surface area contributed by atoms with Gasteiger partial charge in [-0.1, -0.05) is 11.2 Å². The maximum absolute atomic E-state index is 10.6. The second-order valence-electron chi connectivity index (χ2n) is 2.39. The van der Waals surface area contributed by atoms with E-state index in [9.17, 15) is 4.21 Å². The SMILES string of the molecule is Cc1ccc(S(=O)O)cc1N=[N+]=[N-]. The third kappa shape index (κ3) is 2.29. The van der Waals surface area contributed by atoms with Crippen LogP contribution in [0.25, 0.3) is 10.4 Å². The first-order valence-corrected chi connectivity index (χ1v) is 4.52. The van der Waals surface area contributed by atoms with Crippen molar-refractivity contribution in [3.63, 3.8) is 0 Å². The van der Waals surface area contributed by atoms with Crippen LogP contribution in [0.2, 0.25) is 0 Å². The van der Waals surface area contributed by atoms with Crippen molar-refractivity contribution in [2.24, 2.45) is 5.11 Å². The minimum absolute atomic E-state index is 0.230. The van der Waals surface area contributed by atoms with Gasteiger partial charge in [0, 0.05) is 10.6 Å². The molecule has 5 nitrogen and oxygen atoms in total. The minimum Gasteiger partial charge on any atom is -0.302 e. The highest BCUT2D eigenvalue weighted by Gasteiger charge is 2.02. The zero-order valence-electron chi connectivity index (χ0n) is 6.84. The van der Waals surface area contributed by atoms with Crippen molar-refractivity contribution >= 4 is 16.8 Å². The van der Waals surface area contributed by atoms with E-state index < -0.39 is 11.1 Å². The molecule has 0 fully saturated rings. The van der Waals surface area contributed by atoms with Crippen LogP contribution >= 0.6 is 0 Å². The molecule has 0 amide bonds. The number of nitrogens with zero attached hydrogens (tertiary/aromatic N) is 3. The molecule has 0 saturated heterocycles. The highest BCUT2D eigenvalue weighted by Crippen LogP contribution is 2.21. The summed E-state index contributed by atoms with van der Waals surface area (Å²) in [7, 11) is 0. The largest absolute Gasteiger partial charge is 0.302 e. The second-order valence-corrected chi connectivity index (χ2v) is 3.36. The molecule has 0 radical (unpaired) electrons. The molecule has 0 aliphatic rings. The maximum Gasteiger partial charge on any atom is 0.186 e. The summed E-state index contributed by atoms with van der Waals surface area (Å²) in [5.74, 6) is 0. The molecule has 1 atom stereocenters. The Labute approximate surface area is 77.3 Å². The normalized spacial score (nSPS) is 11.8. The molecule has 0 heterocycles. The van der Waals surface area contributed by atoms with Gasteiger partial charge in [-0.3, -0.25) is 0 Å². The van der Waals surface area contributed by atoms with Gasteiger partial charge < -0.3 is 4.55 Å². The number of hydrogen-bond donors (Lipinski definition) is 1. The lowest BCUT2D eigenvalue weighted by Crippen LogP contribution is -1.87. The van der Waals surface area contributed by atoms with Gasteiger partial charge in [-0.25, -0.2) is 4.21 Å². The van der Waals surface area contributed by atoms with Gasteiger partial charge in [0.2, 0.25) is 0 Å².